The Labute approximate surface area is 120 Å². The van der Waals surface area contributed by atoms with Crippen molar-refractivity contribution >= 4 is 11.9 Å². The van der Waals surface area contributed by atoms with Crippen LogP contribution in [0.15, 0.2) is 18.2 Å². The third kappa shape index (κ3) is 2.50. The molecule has 0 spiro atoms. The fourth-order valence-corrected chi connectivity index (χ4v) is 3.02. The molecular weight excluding hydrogens is 280 g/mol. The fourth-order valence-electron chi connectivity index (χ4n) is 3.02. The second-order valence-electron chi connectivity index (χ2n) is 5.70. The Hall–Kier alpha value is -1.98. The van der Waals surface area contributed by atoms with Crippen LogP contribution in [0.25, 0.3) is 0 Å². The first kappa shape index (κ1) is 14.0. The lowest BCUT2D eigenvalue weighted by molar-refractivity contribution is -0.141. The molecule has 1 amide bonds. The van der Waals surface area contributed by atoms with Crippen molar-refractivity contribution in [3.8, 4) is 0 Å². The molecule has 112 valence electrons. The van der Waals surface area contributed by atoms with Gasteiger partial charge in [0.05, 0.1) is 5.92 Å². The zero-order valence-corrected chi connectivity index (χ0v) is 11.3. The van der Waals surface area contributed by atoms with Gasteiger partial charge in [-0.2, -0.15) is 0 Å². The zero-order valence-electron chi connectivity index (χ0n) is 11.3. The lowest BCUT2D eigenvalue weighted by Crippen LogP contribution is -2.31. The van der Waals surface area contributed by atoms with Crippen LogP contribution < -0.4 is 0 Å². The molecule has 1 heterocycles. The number of hydrogen-bond acceptors (Lipinski definition) is 2. The third-order valence-corrected chi connectivity index (χ3v) is 4.34. The summed E-state index contributed by atoms with van der Waals surface area (Å²) in [5.41, 5.74) is 0.238. The number of amides is 1. The van der Waals surface area contributed by atoms with Gasteiger partial charge in [0.1, 0.15) is 0 Å². The topological polar surface area (TPSA) is 57.6 Å². The molecule has 2 fully saturated rings. The summed E-state index contributed by atoms with van der Waals surface area (Å²) >= 11 is 0. The maximum atomic E-state index is 13.7. The van der Waals surface area contributed by atoms with E-state index in [4.69, 9.17) is 5.11 Å². The number of carbonyl (C=O) groups excluding carboxylic acids is 1. The molecule has 1 aromatic carbocycles. The molecule has 2 aliphatic rings. The van der Waals surface area contributed by atoms with Gasteiger partial charge in [-0.1, -0.05) is 12.1 Å². The highest BCUT2D eigenvalue weighted by Gasteiger charge is 2.48. The summed E-state index contributed by atoms with van der Waals surface area (Å²) in [6.07, 6.45) is 0.945. The molecule has 3 atom stereocenters. The number of hydrogen-bond donors (Lipinski definition) is 1. The number of halogens is 2. The lowest BCUT2D eigenvalue weighted by atomic mass is 10.1. The second kappa shape index (κ2) is 5.09. The van der Waals surface area contributed by atoms with Crippen LogP contribution >= 0.6 is 0 Å². The first-order valence-corrected chi connectivity index (χ1v) is 6.94. The average Bonchev–Trinajstić information content (AvgIpc) is 3.07. The van der Waals surface area contributed by atoms with Crippen molar-refractivity contribution in [3.05, 3.63) is 35.4 Å². The molecule has 1 N–H and O–H groups in total. The van der Waals surface area contributed by atoms with Crippen LogP contribution in [-0.2, 0) is 9.59 Å². The molecule has 1 saturated heterocycles. The molecule has 4 nitrogen and oxygen atoms in total. The number of carboxylic acids is 1. The van der Waals surface area contributed by atoms with Gasteiger partial charge in [-0.05, 0) is 30.4 Å². The molecule has 6 heteroatoms. The van der Waals surface area contributed by atoms with E-state index in [0.29, 0.717) is 19.4 Å². The molecular formula is C15H15F2NO3. The molecule has 1 aliphatic carbocycles. The van der Waals surface area contributed by atoms with Gasteiger partial charge in [-0.25, -0.2) is 8.78 Å². The first-order chi connectivity index (χ1) is 9.99. The Kier molecular flexibility index (Phi) is 3.39. The largest absolute Gasteiger partial charge is 0.481 e. The van der Waals surface area contributed by atoms with E-state index in [9.17, 15) is 18.4 Å². The smallest absolute Gasteiger partial charge is 0.308 e. The molecule has 0 radical (unpaired) electrons. The lowest BCUT2D eigenvalue weighted by Gasteiger charge is -2.15. The van der Waals surface area contributed by atoms with Crippen LogP contribution in [0.4, 0.5) is 8.78 Å². The zero-order chi connectivity index (χ0) is 15.1. The first-order valence-electron chi connectivity index (χ1n) is 6.94. The summed E-state index contributed by atoms with van der Waals surface area (Å²) in [5.74, 6) is -4.00. The quantitative estimate of drug-likeness (QED) is 0.928. The molecule has 1 saturated carbocycles. The Bertz CT molecular complexity index is 605. The highest BCUT2D eigenvalue weighted by Crippen LogP contribution is 2.49. The van der Waals surface area contributed by atoms with Crippen molar-refractivity contribution < 1.29 is 23.5 Å². The summed E-state index contributed by atoms with van der Waals surface area (Å²) in [6.45, 7) is 0.633. The van der Waals surface area contributed by atoms with Gasteiger partial charge in [0.2, 0.25) is 5.91 Å². The highest BCUT2D eigenvalue weighted by atomic mass is 19.2. The summed E-state index contributed by atoms with van der Waals surface area (Å²) in [5, 5.41) is 8.93. The molecule has 21 heavy (non-hydrogen) atoms. The monoisotopic (exact) mass is 295 g/mol. The second-order valence-corrected chi connectivity index (χ2v) is 5.70. The number of likely N-dealkylation sites (tertiary alicyclic amines) is 1. The van der Waals surface area contributed by atoms with Gasteiger partial charge in [-0.15, -0.1) is 0 Å². The minimum atomic E-state index is -0.905. The highest BCUT2D eigenvalue weighted by molar-refractivity contribution is 5.84. The van der Waals surface area contributed by atoms with Gasteiger partial charge in [-0.3, -0.25) is 9.59 Å². The SMILES string of the molecule is O=C(O)C1CCN(C(=O)C2CC2c2cccc(F)c2F)C1. The third-order valence-electron chi connectivity index (χ3n) is 4.34. The fraction of sp³-hybridized carbons (Fsp3) is 0.467. The van der Waals surface area contributed by atoms with Gasteiger partial charge in [0.15, 0.2) is 11.6 Å². The minimum absolute atomic E-state index is 0.146. The molecule has 0 bridgehead atoms. The number of carbonyl (C=O) groups is 2. The van der Waals surface area contributed by atoms with E-state index in [1.165, 1.54) is 17.0 Å². The Morgan fingerprint density at radius 3 is 2.71 bits per heavy atom. The van der Waals surface area contributed by atoms with Crippen LogP contribution in [0.1, 0.15) is 24.3 Å². The summed E-state index contributed by atoms with van der Waals surface area (Å²) in [4.78, 5) is 24.7. The summed E-state index contributed by atoms with van der Waals surface area (Å²) < 4.78 is 26.9. The number of benzene rings is 1. The van der Waals surface area contributed by atoms with Gasteiger partial charge < -0.3 is 10.0 Å². The summed E-state index contributed by atoms with van der Waals surface area (Å²) in [7, 11) is 0. The van der Waals surface area contributed by atoms with Crippen LogP contribution in [0.3, 0.4) is 0 Å². The minimum Gasteiger partial charge on any atom is -0.481 e. The Balaban J connectivity index is 1.67. The van der Waals surface area contributed by atoms with Crippen molar-refractivity contribution in [3.63, 3.8) is 0 Å². The van der Waals surface area contributed by atoms with E-state index in [0.717, 1.165) is 6.07 Å². The van der Waals surface area contributed by atoms with E-state index in [1.807, 2.05) is 0 Å². The molecule has 0 aromatic heterocycles. The number of nitrogens with zero attached hydrogens (tertiary/aromatic N) is 1. The molecule has 3 rings (SSSR count). The summed E-state index contributed by atoms with van der Waals surface area (Å²) in [6, 6.07) is 3.99. The van der Waals surface area contributed by atoms with Gasteiger partial charge in [0, 0.05) is 19.0 Å². The Morgan fingerprint density at radius 2 is 2.05 bits per heavy atom. The number of carboxylic acid groups (broad SMARTS) is 1. The van der Waals surface area contributed by atoms with Crippen molar-refractivity contribution in [1.82, 2.24) is 4.90 Å². The molecule has 3 unspecified atom stereocenters. The van der Waals surface area contributed by atoms with Crippen molar-refractivity contribution in [2.75, 3.05) is 13.1 Å². The molecule has 1 aliphatic heterocycles. The van der Waals surface area contributed by atoms with E-state index in [-0.39, 0.29) is 29.9 Å². The number of rotatable bonds is 3. The van der Waals surface area contributed by atoms with Crippen LogP contribution in [-0.4, -0.2) is 35.0 Å². The predicted molar refractivity (Wildman–Crippen MR) is 69.5 cm³/mol. The van der Waals surface area contributed by atoms with E-state index >= 15 is 0 Å². The van der Waals surface area contributed by atoms with Crippen molar-refractivity contribution in [2.45, 2.75) is 18.8 Å². The van der Waals surface area contributed by atoms with Gasteiger partial charge >= 0.3 is 5.97 Å². The van der Waals surface area contributed by atoms with E-state index in [2.05, 4.69) is 0 Å². The van der Waals surface area contributed by atoms with E-state index < -0.39 is 23.5 Å². The van der Waals surface area contributed by atoms with Gasteiger partial charge in [0.25, 0.3) is 0 Å². The molecule has 1 aromatic rings. The van der Waals surface area contributed by atoms with Crippen LogP contribution in [0.2, 0.25) is 0 Å². The van der Waals surface area contributed by atoms with E-state index in [1.54, 1.807) is 0 Å². The predicted octanol–water partition coefficient (Wildman–Crippen LogP) is 2.00. The maximum Gasteiger partial charge on any atom is 0.308 e. The number of aliphatic carboxylic acids is 1. The standard InChI is InChI=1S/C15H15F2NO3/c16-12-3-1-2-9(13(12)17)10-6-11(10)14(19)18-5-4-8(7-18)15(20)21/h1-3,8,10-11H,4-7H2,(H,20,21). The Morgan fingerprint density at radius 1 is 1.29 bits per heavy atom. The average molecular weight is 295 g/mol. The maximum absolute atomic E-state index is 13.7. The normalized spacial score (nSPS) is 27.7. The van der Waals surface area contributed by atoms with Crippen molar-refractivity contribution in [1.29, 1.82) is 0 Å². The van der Waals surface area contributed by atoms with Crippen LogP contribution in [0.5, 0.6) is 0 Å². The van der Waals surface area contributed by atoms with Crippen LogP contribution in [0, 0.1) is 23.5 Å². The van der Waals surface area contributed by atoms with Crippen molar-refractivity contribution in [2.24, 2.45) is 11.8 Å².